The summed E-state index contributed by atoms with van der Waals surface area (Å²) in [7, 11) is 0. The number of amides is 1. The first-order valence-corrected chi connectivity index (χ1v) is 6.86. The molecule has 0 spiro atoms. The fraction of sp³-hybridized carbons (Fsp3) is 0.188. The van der Waals surface area contributed by atoms with Gasteiger partial charge in [0.1, 0.15) is 5.69 Å². The number of benzene rings is 1. The zero-order valence-corrected chi connectivity index (χ0v) is 12.4. The molecule has 0 aliphatic rings. The molecule has 0 aliphatic heterocycles. The van der Waals surface area contributed by atoms with E-state index in [1.54, 1.807) is 35.0 Å². The highest BCUT2D eigenvalue weighted by atomic mass is 16.4. The lowest BCUT2D eigenvalue weighted by Crippen LogP contribution is -2.17. The van der Waals surface area contributed by atoms with Crippen LogP contribution in [-0.4, -0.2) is 26.8 Å². The molecule has 2 rings (SSSR count). The third kappa shape index (κ3) is 3.82. The van der Waals surface area contributed by atoms with Crippen LogP contribution in [0.15, 0.2) is 36.4 Å². The van der Waals surface area contributed by atoms with Gasteiger partial charge in [-0.05, 0) is 43.7 Å². The van der Waals surface area contributed by atoms with Crippen LogP contribution in [-0.2, 0) is 11.3 Å². The number of aromatic nitrogens is 2. The van der Waals surface area contributed by atoms with E-state index in [0.717, 1.165) is 17.3 Å². The molecule has 2 aromatic rings. The highest BCUT2D eigenvalue weighted by molar-refractivity contribution is 6.03. The summed E-state index contributed by atoms with van der Waals surface area (Å²) in [6.45, 7) is 4.38. The van der Waals surface area contributed by atoms with Gasteiger partial charge in [-0.3, -0.25) is 9.48 Å². The minimum atomic E-state index is -0.999. The first-order chi connectivity index (χ1) is 10.5. The van der Waals surface area contributed by atoms with Crippen molar-refractivity contribution < 1.29 is 14.7 Å². The highest BCUT2D eigenvalue weighted by Crippen LogP contribution is 2.13. The predicted octanol–water partition coefficient (Wildman–Crippen LogP) is 2.56. The molecule has 1 heterocycles. The van der Waals surface area contributed by atoms with E-state index in [1.165, 1.54) is 6.08 Å². The predicted molar refractivity (Wildman–Crippen MR) is 83.7 cm³/mol. The first-order valence-electron chi connectivity index (χ1n) is 6.86. The number of aryl methyl sites for hydroxylation is 2. The van der Waals surface area contributed by atoms with E-state index >= 15 is 0 Å². The number of carboxylic acid groups (broad SMARTS) is 1. The largest absolute Gasteiger partial charge is 0.478 e. The van der Waals surface area contributed by atoms with Gasteiger partial charge >= 0.3 is 5.97 Å². The number of rotatable bonds is 5. The van der Waals surface area contributed by atoms with Crippen LogP contribution in [0.3, 0.4) is 0 Å². The molecule has 0 radical (unpaired) electrons. The molecule has 0 fully saturated rings. The number of hydrogen-bond donors (Lipinski definition) is 2. The standard InChI is InChI=1S/C16H17N3O3/c1-3-19-14(10-11(2)18-19)16(22)17-13-7-4-12(5-8-13)6-9-15(20)21/h4-10H,3H2,1-2H3,(H,17,22)(H,20,21)/b9-6+. The van der Waals surface area contributed by atoms with Crippen LogP contribution in [0.25, 0.3) is 6.08 Å². The van der Waals surface area contributed by atoms with Gasteiger partial charge in [-0.15, -0.1) is 0 Å². The van der Waals surface area contributed by atoms with Crippen molar-refractivity contribution >= 4 is 23.6 Å². The van der Waals surface area contributed by atoms with E-state index < -0.39 is 5.97 Å². The second-order valence-corrected chi connectivity index (χ2v) is 4.73. The quantitative estimate of drug-likeness (QED) is 0.831. The topological polar surface area (TPSA) is 84.2 Å². The molecule has 114 valence electrons. The maximum absolute atomic E-state index is 12.2. The van der Waals surface area contributed by atoms with Crippen LogP contribution in [0.1, 0.15) is 28.7 Å². The van der Waals surface area contributed by atoms with Gasteiger partial charge in [-0.2, -0.15) is 5.10 Å². The van der Waals surface area contributed by atoms with Crippen molar-refractivity contribution in [2.24, 2.45) is 0 Å². The van der Waals surface area contributed by atoms with Gasteiger partial charge in [-0.1, -0.05) is 12.1 Å². The molecule has 0 saturated heterocycles. The Morgan fingerprint density at radius 1 is 1.32 bits per heavy atom. The minimum Gasteiger partial charge on any atom is -0.478 e. The molecule has 0 unspecified atom stereocenters. The summed E-state index contributed by atoms with van der Waals surface area (Å²) in [5.41, 5.74) is 2.69. The number of carboxylic acids is 1. The van der Waals surface area contributed by atoms with E-state index in [0.29, 0.717) is 17.9 Å². The molecule has 2 N–H and O–H groups in total. The molecular formula is C16H17N3O3. The zero-order chi connectivity index (χ0) is 16.1. The van der Waals surface area contributed by atoms with E-state index in [9.17, 15) is 9.59 Å². The lowest BCUT2D eigenvalue weighted by molar-refractivity contribution is -0.131. The fourth-order valence-corrected chi connectivity index (χ4v) is 2.01. The van der Waals surface area contributed by atoms with Gasteiger partial charge in [0, 0.05) is 18.3 Å². The van der Waals surface area contributed by atoms with E-state index in [1.807, 2.05) is 13.8 Å². The molecule has 1 amide bonds. The Kier molecular flexibility index (Phi) is 4.73. The Balaban J connectivity index is 2.10. The van der Waals surface area contributed by atoms with Crippen molar-refractivity contribution in [3.63, 3.8) is 0 Å². The molecule has 6 nitrogen and oxygen atoms in total. The Labute approximate surface area is 128 Å². The maximum atomic E-state index is 12.2. The Morgan fingerprint density at radius 2 is 2.00 bits per heavy atom. The van der Waals surface area contributed by atoms with Gasteiger partial charge in [-0.25, -0.2) is 4.79 Å². The van der Waals surface area contributed by atoms with E-state index in [-0.39, 0.29) is 5.91 Å². The van der Waals surface area contributed by atoms with Crippen LogP contribution < -0.4 is 5.32 Å². The van der Waals surface area contributed by atoms with Crippen LogP contribution >= 0.6 is 0 Å². The molecule has 0 bridgehead atoms. The molecule has 0 atom stereocenters. The number of nitrogens with one attached hydrogen (secondary N) is 1. The number of anilines is 1. The second-order valence-electron chi connectivity index (χ2n) is 4.73. The Hall–Kier alpha value is -2.89. The van der Waals surface area contributed by atoms with Gasteiger partial charge in [0.2, 0.25) is 0 Å². The van der Waals surface area contributed by atoms with Crippen LogP contribution in [0, 0.1) is 6.92 Å². The minimum absolute atomic E-state index is 0.226. The summed E-state index contributed by atoms with van der Waals surface area (Å²) in [4.78, 5) is 22.7. The molecule has 1 aromatic carbocycles. The number of carbonyl (C=O) groups is 2. The second kappa shape index (κ2) is 6.71. The lowest BCUT2D eigenvalue weighted by Gasteiger charge is -2.07. The average Bonchev–Trinajstić information content (AvgIpc) is 2.87. The van der Waals surface area contributed by atoms with Gasteiger partial charge in [0.05, 0.1) is 5.69 Å². The summed E-state index contributed by atoms with van der Waals surface area (Å²) < 4.78 is 1.65. The van der Waals surface area contributed by atoms with Crippen molar-refractivity contribution in [1.82, 2.24) is 9.78 Å². The van der Waals surface area contributed by atoms with Gasteiger partial charge in [0.15, 0.2) is 0 Å². The monoisotopic (exact) mass is 299 g/mol. The van der Waals surface area contributed by atoms with Crippen molar-refractivity contribution in [3.05, 3.63) is 53.4 Å². The van der Waals surface area contributed by atoms with Crippen molar-refractivity contribution in [3.8, 4) is 0 Å². The smallest absolute Gasteiger partial charge is 0.328 e. The summed E-state index contributed by atoms with van der Waals surface area (Å²) in [6, 6.07) is 8.65. The number of hydrogen-bond acceptors (Lipinski definition) is 3. The van der Waals surface area contributed by atoms with Gasteiger partial charge in [0.25, 0.3) is 5.91 Å². The van der Waals surface area contributed by atoms with Gasteiger partial charge < -0.3 is 10.4 Å². The molecule has 6 heteroatoms. The number of carbonyl (C=O) groups excluding carboxylic acids is 1. The van der Waals surface area contributed by atoms with Crippen LogP contribution in [0.4, 0.5) is 5.69 Å². The summed E-state index contributed by atoms with van der Waals surface area (Å²) in [5.74, 6) is -1.23. The summed E-state index contributed by atoms with van der Waals surface area (Å²) >= 11 is 0. The molecule has 0 aliphatic carbocycles. The summed E-state index contributed by atoms with van der Waals surface area (Å²) in [6.07, 6.45) is 2.56. The third-order valence-electron chi connectivity index (χ3n) is 3.02. The first kappa shape index (κ1) is 15.5. The SMILES string of the molecule is CCn1nc(C)cc1C(=O)Nc1ccc(/C=C/C(=O)O)cc1. The average molecular weight is 299 g/mol. The molecule has 0 saturated carbocycles. The zero-order valence-electron chi connectivity index (χ0n) is 12.4. The van der Waals surface area contributed by atoms with Crippen LogP contribution in [0.2, 0.25) is 0 Å². The number of aliphatic carboxylic acids is 1. The highest BCUT2D eigenvalue weighted by Gasteiger charge is 2.13. The number of nitrogens with zero attached hydrogens (tertiary/aromatic N) is 2. The third-order valence-corrected chi connectivity index (χ3v) is 3.02. The van der Waals surface area contributed by atoms with E-state index in [2.05, 4.69) is 10.4 Å². The van der Waals surface area contributed by atoms with Crippen molar-refractivity contribution in [1.29, 1.82) is 0 Å². The normalized spacial score (nSPS) is 10.8. The lowest BCUT2D eigenvalue weighted by atomic mass is 10.2. The molecule has 1 aromatic heterocycles. The fourth-order valence-electron chi connectivity index (χ4n) is 2.01. The van der Waals surface area contributed by atoms with Crippen molar-refractivity contribution in [2.45, 2.75) is 20.4 Å². The summed E-state index contributed by atoms with van der Waals surface area (Å²) in [5, 5.41) is 15.6. The maximum Gasteiger partial charge on any atom is 0.328 e. The van der Waals surface area contributed by atoms with E-state index in [4.69, 9.17) is 5.11 Å². The molecular weight excluding hydrogens is 282 g/mol. The van der Waals surface area contributed by atoms with Crippen molar-refractivity contribution in [2.75, 3.05) is 5.32 Å². The Bertz CT molecular complexity index is 715. The van der Waals surface area contributed by atoms with Crippen LogP contribution in [0.5, 0.6) is 0 Å². The Morgan fingerprint density at radius 3 is 2.59 bits per heavy atom. The molecule has 22 heavy (non-hydrogen) atoms.